The summed E-state index contributed by atoms with van der Waals surface area (Å²) < 4.78 is 0. The van der Waals surface area contributed by atoms with E-state index in [1.807, 2.05) is 84.9 Å². The van der Waals surface area contributed by atoms with Gasteiger partial charge in [0.25, 0.3) is 0 Å². The quantitative estimate of drug-likeness (QED) is 0.386. The van der Waals surface area contributed by atoms with Gasteiger partial charge < -0.3 is 10.2 Å². The Labute approximate surface area is 183 Å². The lowest BCUT2D eigenvalue weighted by molar-refractivity contribution is 0.103. The molecule has 4 aromatic carbocycles. The number of aromatic hydroxyl groups is 2. The first-order valence-electron chi connectivity index (χ1n) is 10.1. The standard InChI is InChI=1S/C15H16O2.C13H10O/c1-15(2,11-3-7-13(16)8-4-11)12-5-9-14(17)10-6-12;14-13(11-7-3-1-4-8-11)12-9-5-2-6-10-12/h3-10,16-17H,1-2H3;1-10H. The van der Waals surface area contributed by atoms with Crippen LogP contribution in [-0.4, -0.2) is 16.0 Å². The fourth-order valence-corrected chi connectivity index (χ4v) is 3.27. The Kier molecular flexibility index (Phi) is 6.88. The monoisotopic (exact) mass is 410 g/mol. The maximum Gasteiger partial charge on any atom is 0.193 e. The molecule has 0 fully saturated rings. The van der Waals surface area contributed by atoms with Crippen molar-refractivity contribution in [2.45, 2.75) is 19.3 Å². The van der Waals surface area contributed by atoms with Crippen molar-refractivity contribution in [2.24, 2.45) is 0 Å². The molecule has 0 bridgehead atoms. The number of hydrogen-bond acceptors (Lipinski definition) is 3. The van der Waals surface area contributed by atoms with Crippen LogP contribution in [0.4, 0.5) is 0 Å². The van der Waals surface area contributed by atoms with Gasteiger partial charge in [-0.05, 0) is 35.4 Å². The highest BCUT2D eigenvalue weighted by Crippen LogP contribution is 2.32. The minimum atomic E-state index is -0.151. The van der Waals surface area contributed by atoms with Crippen molar-refractivity contribution in [1.29, 1.82) is 0 Å². The van der Waals surface area contributed by atoms with E-state index in [4.69, 9.17) is 0 Å². The molecule has 0 radical (unpaired) electrons. The van der Waals surface area contributed by atoms with Gasteiger partial charge in [-0.3, -0.25) is 4.79 Å². The molecule has 0 atom stereocenters. The number of carbonyl (C=O) groups excluding carboxylic acids is 1. The molecule has 0 aliphatic rings. The molecular formula is C28H26O3. The number of phenolic OH excluding ortho intramolecular Hbond substituents is 2. The van der Waals surface area contributed by atoms with Crippen LogP contribution in [0, 0.1) is 0 Å². The van der Waals surface area contributed by atoms with E-state index < -0.39 is 0 Å². The van der Waals surface area contributed by atoms with Crippen LogP contribution in [0.25, 0.3) is 0 Å². The summed E-state index contributed by atoms with van der Waals surface area (Å²) in [5.74, 6) is 0.622. The van der Waals surface area contributed by atoms with E-state index in [1.165, 1.54) is 0 Å². The second kappa shape index (κ2) is 9.77. The lowest BCUT2D eigenvalue weighted by Crippen LogP contribution is -2.18. The van der Waals surface area contributed by atoms with Gasteiger partial charge in [0.1, 0.15) is 11.5 Å². The second-order valence-electron chi connectivity index (χ2n) is 7.78. The molecule has 0 aliphatic carbocycles. The first kappa shape index (κ1) is 21.8. The molecule has 0 saturated heterocycles. The summed E-state index contributed by atoms with van der Waals surface area (Å²) in [5, 5.41) is 18.6. The van der Waals surface area contributed by atoms with Crippen molar-refractivity contribution >= 4 is 5.78 Å². The average Bonchev–Trinajstić information content (AvgIpc) is 2.81. The predicted molar refractivity (Wildman–Crippen MR) is 125 cm³/mol. The van der Waals surface area contributed by atoms with Gasteiger partial charge in [0.2, 0.25) is 0 Å². The number of benzene rings is 4. The lowest BCUT2D eigenvalue weighted by Gasteiger charge is -2.26. The van der Waals surface area contributed by atoms with Crippen LogP contribution in [-0.2, 0) is 5.41 Å². The van der Waals surface area contributed by atoms with Crippen molar-refractivity contribution in [3.8, 4) is 11.5 Å². The van der Waals surface area contributed by atoms with Gasteiger partial charge in [0.05, 0.1) is 0 Å². The summed E-state index contributed by atoms with van der Waals surface area (Å²) in [6, 6.07) is 33.1. The van der Waals surface area contributed by atoms with E-state index in [9.17, 15) is 15.0 Å². The zero-order valence-corrected chi connectivity index (χ0v) is 17.7. The van der Waals surface area contributed by atoms with Crippen LogP contribution < -0.4 is 0 Å². The van der Waals surface area contributed by atoms with Crippen molar-refractivity contribution < 1.29 is 15.0 Å². The minimum Gasteiger partial charge on any atom is -0.508 e. The third-order valence-electron chi connectivity index (χ3n) is 5.25. The molecule has 0 amide bonds. The van der Waals surface area contributed by atoms with E-state index in [2.05, 4.69) is 13.8 Å². The number of carbonyl (C=O) groups is 1. The summed E-state index contributed by atoms with van der Waals surface area (Å²) in [7, 11) is 0. The van der Waals surface area contributed by atoms with Crippen LogP contribution in [0.1, 0.15) is 40.9 Å². The van der Waals surface area contributed by atoms with Crippen LogP contribution >= 0.6 is 0 Å². The molecule has 0 aromatic heterocycles. The minimum absolute atomic E-state index is 0.0752. The Hall–Kier alpha value is -3.85. The van der Waals surface area contributed by atoms with E-state index in [-0.39, 0.29) is 22.7 Å². The number of rotatable bonds is 4. The van der Waals surface area contributed by atoms with Crippen LogP contribution in [0.5, 0.6) is 11.5 Å². The molecule has 0 aliphatic heterocycles. The van der Waals surface area contributed by atoms with E-state index in [1.54, 1.807) is 24.3 Å². The first-order chi connectivity index (χ1) is 14.9. The molecular weight excluding hydrogens is 384 g/mol. The predicted octanol–water partition coefficient (Wildman–Crippen LogP) is 6.34. The van der Waals surface area contributed by atoms with Crippen molar-refractivity contribution in [3.63, 3.8) is 0 Å². The lowest BCUT2D eigenvalue weighted by atomic mass is 9.78. The third-order valence-corrected chi connectivity index (χ3v) is 5.25. The molecule has 2 N–H and O–H groups in total. The van der Waals surface area contributed by atoms with Gasteiger partial charge in [0.15, 0.2) is 5.78 Å². The fourth-order valence-electron chi connectivity index (χ4n) is 3.27. The highest BCUT2D eigenvalue weighted by Gasteiger charge is 2.22. The summed E-state index contributed by atoms with van der Waals surface area (Å²) >= 11 is 0. The topological polar surface area (TPSA) is 57.5 Å². The van der Waals surface area contributed by atoms with Gasteiger partial charge in [0, 0.05) is 16.5 Å². The third kappa shape index (κ3) is 5.61. The van der Waals surface area contributed by atoms with Crippen molar-refractivity contribution in [1.82, 2.24) is 0 Å². The molecule has 0 saturated carbocycles. The molecule has 0 unspecified atom stereocenters. The van der Waals surface area contributed by atoms with E-state index >= 15 is 0 Å². The fraction of sp³-hybridized carbons (Fsp3) is 0.107. The largest absolute Gasteiger partial charge is 0.508 e. The van der Waals surface area contributed by atoms with Crippen molar-refractivity contribution in [3.05, 3.63) is 131 Å². The molecule has 0 heterocycles. The Morgan fingerprint density at radius 3 is 1.19 bits per heavy atom. The molecule has 0 spiro atoms. The Morgan fingerprint density at radius 1 is 0.548 bits per heavy atom. The maximum absolute atomic E-state index is 11.8. The van der Waals surface area contributed by atoms with Gasteiger partial charge in [-0.15, -0.1) is 0 Å². The smallest absolute Gasteiger partial charge is 0.193 e. The van der Waals surface area contributed by atoms with E-state index in [0.717, 1.165) is 22.3 Å². The number of hydrogen-bond donors (Lipinski definition) is 2. The zero-order valence-electron chi connectivity index (χ0n) is 17.7. The van der Waals surface area contributed by atoms with Crippen LogP contribution in [0.3, 0.4) is 0 Å². The van der Waals surface area contributed by atoms with Crippen LogP contribution in [0.2, 0.25) is 0 Å². The van der Waals surface area contributed by atoms with Crippen molar-refractivity contribution in [2.75, 3.05) is 0 Å². The normalized spacial score (nSPS) is 10.6. The number of phenols is 2. The van der Waals surface area contributed by atoms with E-state index in [0.29, 0.717) is 0 Å². The van der Waals surface area contributed by atoms with Gasteiger partial charge in [-0.25, -0.2) is 0 Å². The molecule has 3 heteroatoms. The summed E-state index contributed by atoms with van der Waals surface area (Å²) in [6.45, 7) is 4.23. The van der Waals surface area contributed by atoms with Gasteiger partial charge >= 0.3 is 0 Å². The first-order valence-corrected chi connectivity index (χ1v) is 10.1. The Morgan fingerprint density at radius 2 is 0.871 bits per heavy atom. The highest BCUT2D eigenvalue weighted by atomic mass is 16.3. The number of ketones is 1. The zero-order chi connectivity index (χ0) is 22.3. The summed E-state index contributed by atoms with van der Waals surface area (Å²) in [6.07, 6.45) is 0. The maximum atomic E-state index is 11.8. The van der Waals surface area contributed by atoms with Gasteiger partial charge in [-0.2, -0.15) is 0 Å². The Balaban J connectivity index is 0.000000179. The average molecular weight is 411 g/mol. The van der Waals surface area contributed by atoms with Crippen LogP contribution in [0.15, 0.2) is 109 Å². The second-order valence-corrected chi connectivity index (χ2v) is 7.78. The molecule has 31 heavy (non-hydrogen) atoms. The van der Waals surface area contributed by atoms with Gasteiger partial charge in [-0.1, -0.05) is 98.8 Å². The summed E-state index contributed by atoms with van der Waals surface area (Å²) in [4.78, 5) is 11.8. The molecule has 4 aromatic rings. The highest BCUT2D eigenvalue weighted by molar-refractivity contribution is 6.08. The summed E-state index contributed by atoms with van der Waals surface area (Å²) in [5.41, 5.74) is 3.57. The molecule has 3 nitrogen and oxygen atoms in total. The Bertz CT molecular complexity index is 1010. The SMILES string of the molecule is CC(C)(c1ccc(O)cc1)c1ccc(O)cc1.O=C(c1ccccc1)c1ccccc1. The molecule has 156 valence electrons. The molecule has 4 rings (SSSR count).